The van der Waals surface area contributed by atoms with Crippen molar-refractivity contribution in [1.29, 1.82) is 0 Å². The minimum atomic E-state index is -3.89. The Bertz CT molecular complexity index is 860. The van der Waals surface area contributed by atoms with Crippen molar-refractivity contribution >= 4 is 5.82 Å². The van der Waals surface area contributed by atoms with E-state index in [-0.39, 0.29) is 4.90 Å². The standard InChI is InChI=1S/C10H15N3O/c1-8-4-2-3-7-13(8)9-5-6-11-10(14)12-9/h5-6,8H,2-4,7H2,1H3,(H,11,12,14)/i1D3,2D2,3D2,4D2,5D,6D,7D2,8D. The van der Waals surface area contributed by atoms with Crippen LogP contribution in [0.15, 0.2) is 17.0 Å². The molecule has 76 valence electrons. The Morgan fingerprint density at radius 3 is 3.71 bits per heavy atom. The van der Waals surface area contributed by atoms with Crippen molar-refractivity contribution in [2.75, 3.05) is 11.4 Å². The van der Waals surface area contributed by atoms with Gasteiger partial charge in [-0.25, -0.2) is 4.79 Å². The van der Waals surface area contributed by atoms with Gasteiger partial charge >= 0.3 is 5.69 Å². The third kappa shape index (κ3) is 1.78. The van der Waals surface area contributed by atoms with Crippen molar-refractivity contribution < 1.29 is 19.2 Å². The van der Waals surface area contributed by atoms with Gasteiger partial charge in [0.2, 0.25) is 0 Å². The van der Waals surface area contributed by atoms with Crippen molar-refractivity contribution in [3.63, 3.8) is 0 Å². The summed E-state index contributed by atoms with van der Waals surface area (Å²) in [4.78, 5) is 16.2. The zero-order valence-corrected chi connectivity index (χ0v) is 6.80. The van der Waals surface area contributed by atoms with E-state index in [2.05, 4.69) is 4.98 Å². The molecule has 1 saturated heterocycles. The van der Waals surface area contributed by atoms with Gasteiger partial charge in [0.15, 0.2) is 0 Å². The molecule has 0 saturated carbocycles. The van der Waals surface area contributed by atoms with Crippen molar-refractivity contribution in [2.24, 2.45) is 0 Å². The molecule has 1 atom stereocenters. The Hall–Kier alpha value is -1.32. The maximum absolute atomic E-state index is 11.6. The van der Waals surface area contributed by atoms with Crippen LogP contribution in [0.5, 0.6) is 0 Å². The molecule has 0 radical (unpaired) electrons. The molecule has 1 aromatic rings. The highest BCUT2D eigenvalue weighted by Crippen LogP contribution is 2.21. The van der Waals surface area contributed by atoms with Gasteiger partial charge in [-0.05, 0) is 32.0 Å². The van der Waals surface area contributed by atoms with Crippen LogP contribution in [-0.4, -0.2) is 22.5 Å². The first kappa shape index (κ1) is 2.26. The number of rotatable bonds is 1. The van der Waals surface area contributed by atoms with Gasteiger partial charge in [0, 0.05) is 33.8 Å². The van der Waals surface area contributed by atoms with Crippen LogP contribution in [0.25, 0.3) is 0 Å². The molecule has 1 aromatic heterocycles. The maximum Gasteiger partial charge on any atom is 0.346 e. The van der Waals surface area contributed by atoms with Gasteiger partial charge in [-0.3, -0.25) is 0 Å². The summed E-state index contributed by atoms with van der Waals surface area (Å²) >= 11 is 0. The van der Waals surface area contributed by atoms with E-state index >= 15 is 0 Å². The molecule has 4 heteroatoms. The topological polar surface area (TPSA) is 49.0 Å². The number of piperidine rings is 1. The Morgan fingerprint density at radius 1 is 1.93 bits per heavy atom. The van der Waals surface area contributed by atoms with Gasteiger partial charge in [-0.2, -0.15) is 4.98 Å². The third-order valence-corrected chi connectivity index (χ3v) is 1.40. The van der Waals surface area contributed by atoms with Crippen LogP contribution < -0.4 is 10.6 Å². The summed E-state index contributed by atoms with van der Waals surface area (Å²) in [7, 11) is 0. The lowest BCUT2D eigenvalue weighted by atomic mass is 10.0. The van der Waals surface area contributed by atoms with E-state index in [1.165, 1.54) is 0 Å². The van der Waals surface area contributed by atoms with Crippen LogP contribution in [0.3, 0.4) is 0 Å². The van der Waals surface area contributed by atoms with Gasteiger partial charge in [-0.15, -0.1) is 0 Å². The molecule has 0 bridgehead atoms. The Morgan fingerprint density at radius 2 is 2.86 bits per heavy atom. The molecule has 0 amide bonds. The fraction of sp³-hybridized carbons (Fsp3) is 0.600. The molecule has 1 N–H and O–H groups in total. The summed E-state index contributed by atoms with van der Waals surface area (Å²) in [6.45, 7) is -7.56. The molecule has 1 aliphatic heterocycles. The number of anilines is 1. The van der Waals surface area contributed by atoms with Crippen LogP contribution in [0, 0.1) is 0 Å². The predicted molar refractivity (Wildman–Crippen MR) is 55.5 cm³/mol. The second-order valence-electron chi connectivity index (χ2n) is 2.29. The molecule has 2 rings (SSSR count). The Balaban J connectivity index is 3.09. The van der Waals surface area contributed by atoms with Gasteiger partial charge in [0.1, 0.15) is 5.82 Å². The molecule has 2 heterocycles. The zero-order chi connectivity index (χ0) is 22.3. The van der Waals surface area contributed by atoms with Crippen molar-refractivity contribution in [3.05, 3.63) is 22.7 Å². The van der Waals surface area contributed by atoms with E-state index in [0.717, 1.165) is 0 Å². The molecule has 1 aliphatic rings. The number of nitrogens with one attached hydrogen (secondary N) is 1. The number of hydrogen-bond acceptors (Lipinski definition) is 3. The third-order valence-electron chi connectivity index (χ3n) is 1.40. The summed E-state index contributed by atoms with van der Waals surface area (Å²) in [6, 6.07) is -4.96. The fourth-order valence-electron chi connectivity index (χ4n) is 0.844. The summed E-state index contributed by atoms with van der Waals surface area (Å²) < 4.78 is 110. The lowest BCUT2D eigenvalue weighted by Crippen LogP contribution is -2.38. The Kier molecular flexibility index (Phi) is 0.616. The minimum absolute atomic E-state index is 0.357. The number of aromatic nitrogens is 2. The van der Waals surface area contributed by atoms with Crippen LogP contribution in [-0.2, 0) is 0 Å². The molecule has 1 unspecified atom stereocenters. The first-order chi connectivity index (χ1) is 12.2. The van der Waals surface area contributed by atoms with E-state index < -0.39 is 62.2 Å². The molecule has 1 fully saturated rings. The van der Waals surface area contributed by atoms with Crippen LogP contribution in [0.2, 0.25) is 0 Å². The fourth-order valence-corrected chi connectivity index (χ4v) is 0.844. The second-order valence-corrected chi connectivity index (χ2v) is 2.29. The minimum Gasteiger partial charge on any atom is -0.354 e. The van der Waals surface area contributed by atoms with Crippen LogP contribution in [0.1, 0.15) is 45.2 Å². The highest BCUT2D eigenvalue weighted by atomic mass is 16.1. The number of nitrogens with zero attached hydrogens (tertiary/aromatic N) is 2. The van der Waals surface area contributed by atoms with Gasteiger partial charge < -0.3 is 9.88 Å². The van der Waals surface area contributed by atoms with Crippen molar-refractivity contribution in [1.82, 2.24) is 9.97 Å². The quantitative estimate of drug-likeness (QED) is 0.751. The van der Waals surface area contributed by atoms with E-state index in [0.29, 0.717) is 0 Å². The Labute approximate surface area is 103 Å². The van der Waals surface area contributed by atoms with Crippen molar-refractivity contribution in [3.8, 4) is 0 Å². The summed E-state index contributed by atoms with van der Waals surface area (Å²) in [5, 5.41) is 0. The lowest BCUT2D eigenvalue weighted by Gasteiger charge is -2.34. The van der Waals surface area contributed by atoms with E-state index in [1.807, 2.05) is 0 Å². The van der Waals surface area contributed by atoms with Crippen LogP contribution >= 0.6 is 0 Å². The average molecular weight is 207 g/mol. The summed E-state index contributed by atoms with van der Waals surface area (Å²) in [5.41, 5.74) is -1.35. The van der Waals surface area contributed by atoms with Crippen molar-refractivity contribution in [2.45, 2.75) is 32.0 Å². The zero-order valence-electron chi connectivity index (χ0n) is 20.8. The molecular weight excluding hydrogens is 178 g/mol. The van der Waals surface area contributed by atoms with Gasteiger partial charge in [0.05, 0.1) is 4.11 Å². The predicted octanol–water partition coefficient (Wildman–Crippen LogP) is 1.15. The number of aromatic amines is 1. The largest absolute Gasteiger partial charge is 0.354 e. The van der Waals surface area contributed by atoms with Gasteiger partial charge in [0.25, 0.3) is 0 Å². The van der Waals surface area contributed by atoms with E-state index in [1.54, 1.807) is 4.98 Å². The molecule has 0 aromatic carbocycles. The number of H-pyrrole nitrogens is 1. The SMILES string of the molecule is [2H]c1[nH]c(=O)nc(N2C([2H])([2H])C([2H])([2H])C([2H])([2H])C([2H])([2H])C2([2H])C([2H])([2H])[2H])c1[2H]. The van der Waals surface area contributed by atoms with Gasteiger partial charge in [-0.1, -0.05) is 0 Å². The molecule has 0 spiro atoms. The average Bonchev–Trinajstić information content (AvgIpc) is 2.48. The van der Waals surface area contributed by atoms with E-state index in [9.17, 15) is 4.79 Å². The molecule has 0 aliphatic carbocycles. The molecule has 4 nitrogen and oxygen atoms in total. The van der Waals surface area contributed by atoms with Crippen LogP contribution in [0.4, 0.5) is 5.82 Å². The summed E-state index contributed by atoms with van der Waals surface area (Å²) in [6.07, 6.45) is -12.4. The monoisotopic (exact) mass is 207 g/mol. The lowest BCUT2D eigenvalue weighted by molar-refractivity contribution is 0.480. The van der Waals surface area contributed by atoms with E-state index in [4.69, 9.17) is 19.2 Å². The first-order valence-electron chi connectivity index (χ1n) is 10.6. The maximum atomic E-state index is 11.6. The highest BCUT2D eigenvalue weighted by molar-refractivity contribution is 5.38. The summed E-state index contributed by atoms with van der Waals surface area (Å²) in [5.74, 6) is -1.27. The second kappa shape index (κ2) is 3.82. The first-order valence-corrected chi connectivity index (χ1v) is 3.57. The smallest absolute Gasteiger partial charge is 0.346 e. The molecule has 14 heavy (non-hydrogen) atoms. The highest BCUT2D eigenvalue weighted by Gasteiger charge is 2.19. The molecular formula is C10H15N3O. The number of hydrogen-bond donors (Lipinski definition) is 1. The normalized spacial score (nSPS) is 57.6.